The fourth-order valence-corrected chi connectivity index (χ4v) is 6.31. The molecule has 19 heavy (non-hydrogen) atoms. The maximum Gasteiger partial charge on any atom is -0.147 e. The molecular weight excluding hydrogens is 354 g/mol. The van der Waals surface area contributed by atoms with Gasteiger partial charge in [-0.2, -0.15) is 0 Å². The van der Waals surface area contributed by atoms with Crippen LogP contribution in [-0.4, -0.2) is 3.21 Å². The molecule has 3 heteroatoms. The molecule has 0 radical (unpaired) electrons. The zero-order valence-corrected chi connectivity index (χ0v) is 16.4. The Kier molecular flexibility index (Phi) is 8.04. The molecule has 0 aromatic rings. The van der Waals surface area contributed by atoms with Crippen molar-refractivity contribution < 1.29 is 22.8 Å². The summed E-state index contributed by atoms with van der Waals surface area (Å²) in [5.41, 5.74) is 6.39. The zero-order chi connectivity index (χ0) is 12.6. The van der Waals surface area contributed by atoms with Gasteiger partial charge in [-0.05, 0) is 0 Å². The van der Waals surface area contributed by atoms with Crippen LogP contribution in [0.5, 0.6) is 0 Å². The molecule has 0 fully saturated rings. The summed E-state index contributed by atoms with van der Waals surface area (Å²) >= 11 is -0.484. The Labute approximate surface area is 141 Å². The monoisotopic (exact) mass is 375 g/mol. The Hall–Kier alpha value is 0.293. The number of hydrogen-bond donors (Lipinski definition) is 0. The first-order chi connectivity index (χ1) is 8.02. The molecule has 0 saturated carbocycles. The first kappa shape index (κ1) is 19.3. The predicted octanol–water partition coefficient (Wildman–Crippen LogP) is 5.25. The quantitative estimate of drug-likeness (QED) is 0.616. The number of rotatable bonds is 2. The second-order valence-corrected chi connectivity index (χ2v) is 9.68. The van der Waals surface area contributed by atoms with Crippen LogP contribution in [0, 0.1) is 5.92 Å². The average molecular weight is 377 g/mol. The van der Waals surface area contributed by atoms with Gasteiger partial charge in [-0.15, -0.1) is 24.8 Å². The Morgan fingerprint density at radius 2 is 1.74 bits per heavy atom. The summed E-state index contributed by atoms with van der Waals surface area (Å²) < 4.78 is 3.49. The molecule has 0 spiro atoms. The van der Waals surface area contributed by atoms with Gasteiger partial charge in [0.25, 0.3) is 0 Å². The van der Waals surface area contributed by atoms with E-state index in [-0.39, 0.29) is 24.8 Å². The third kappa shape index (κ3) is 3.90. The molecule has 0 amide bonds. The van der Waals surface area contributed by atoms with E-state index in [4.69, 9.17) is 0 Å². The molecule has 0 aliphatic heterocycles. The summed E-state index contributed by atoms with van der Waals surface area (Å²) in [6.07, 6.45) is 8.01. The van der Waals surface area contributed by atoms with Crippen LogP contribution in [0.4, 0.5) is 0 Å². The first-order valence-electron chi connectivity index (χ1n) is 6.33. The zero-order valence-electron chi connectivity index (χ0n) is 12.3. The molecule has 0 heterocycles. The van der Waals surface area contributed by atoms with E-state index in [0.29, 0.717) is 5.92 Å². The molecule has 1 unspecified atom stereocenters. The van der Waals surface area contributed by atoms with E-state index in [9.17, 15) is 0 Å². The second kappa shape index (κ2) is 7.91. The first-order valence-corrected chi connectivity index (χ1v) is 8.79. The van der Waals surface area contributed by atoms with Crippen molar-refractivity contribution in [3.05, 3.63) is 43.8 Å². The van der Waals surface area contributed by atoms with Crippen LogP contribution in [0.15, 0.2) is 43.8 Å². The van der Waals surface area contributed by atoms with Crippen molar-refractivity contribution >= 4 is 28.0 Å². The van der Waals surface area contributed by atoms with Gasteiger partial charge in [0, 0.05) is 0 Å². The molecule has 2 aliphatic rings. The summed E-state index contributed by atoms with van der Waals surface area (Å²) in [5.74, 6) is 0.659. The van der Waals surface area contributed by atoms with E-state index in [2.05, 4.69) is 52.8 Å². The van der Waals surface area contributed by atoms with Crippen LogP contribution < -0.4 is 0 Å². The molecule has 0 aromatic heterocycles. The van der Waals surface area contributed by atoms with E-state index in [1.54, 1.807) is 28.8 Å². The maximum atomic E-state index is 2.34. The molecule has 1 atom stereocenters. The molecule has 0 aromatic carbocycles. The number of allylic oxidation sites excluding steroid dienone is 8. The van der Waals surface area contributed by atoms with Crippen LogP contribution in [0.2, 0.25) is 0 Å². The van der Waals surface area contributed by atoms with Crippen molar-refractivity contribution in [2.45, 2.75) is 41.0 Å². The molecular formula is C16H23Cl2Zr. The van der Waals surface area contributed by atoms with Crippen molar-refractivity contribution in [2.75, 3.05) is 0 Å². The molecule has 2 rings (SSSR count). The number of hydrogen-bond acceptors (Lipinski definition) is 0. The largest absolute Gasteiger partial charge is 0.147 e. The van der Waals surface area contributed by atoms with Crippen LogP contribution >= 0.6 is 24.8 Å². The van der Waals surface area contributed by atoms with E-state index in [0.717, 1.165) is 6.42 Å². The Morgan fingerprint density at radius 3 is 2.21 bits per heavy atom. The summed E-state index contributed by atoms with van der Waals surface area (Å²) in [4.78, 5) is 0. The van der Waals surface area contributed by atoms with Gasteiger partial charge in [0.15, 0.2) is 0 Å². The molecule has 2 aliphatic carbocycles. The van der Waals surface area contributed by atoms with E-state index < -0.39 is 22.8 Å². The van der Waals surface area contributed by atoms with Crippen molar-refractivity contribution in [1.82, 2.24) is 0 Å². The molecule has 0 N–H and O–H groups in total. The van der Waals surface area contributed by atoms with Crippen LogP contribution in [0.25, 0.3) is 0 Å². The molecule has 0 saturated heterocycles. The van der Waals surface area contributed by atoms with Crippen LogP contribution in [0.3, 0.4) is 0 Å². The van der Waals surface area contributed by atoms with Gasteiger partial charge in [-0.1, -0.05) is 0 Å². The minimum atomic E-state index is -0.484. The number of halogens is 2. The third-order valence-corrected chi connectivity index (χ3v) is 7.36. The Balaban J connectivity index is 0.00000162. The van der Waals surface area contributed by atoms with Crippen molar-refractivity contribution in [3.8, 4) is 0 Å². The maximum absolute atomic E-state index is 2.34. The molecule has 0 bridgehead atoms. The summed E-state index contributed by atoms with van der Waals surface area (Å²) in [5, 5.41) is 0. The topological polar surface area (TPSA) is 0 Å². The fourth-order valence-electron chi connectivity index (χ4n) is 2.72. The molecule has 105 valence electrons. The summed E-state index contributed by atoms with van der Waals surface area (Å²) in [7, 11) is 0. The van der Waals surface area contributed by atoms with E-state index >= 15 is 0 Å². The normalized spacial score (nSPS) is 20.9. The minimum absolute atomic E-state index is 0. The third-order valence-electron chi connectivity index (χ3n) is 3.84. The van der Waals surface area contributed by atoms with Crippen molar-refractivity contribution in [3.63, 3.8) is 0 Å². The minimum Gasteiger partial charge on any atom is -0.147 e. The SMILES string of the molecule is C[C](C)=[Zr][C]1=C(C)C(C)=C(C)C1C1=CC=CC1.Cl.Cl. The van der Waals surface area contributed by atoms with Crippen LogP contribution in [-0.2, 0) is 22.8 Å². The summed E-state index contributed by atoms with van der Waals surface area (Å²) in [6.45, 7) is 11.6. The Bertz CT molecular complexity index is 501. The van der Waals surface area contributed by atoms with Gasteiger partial charge in [0.2, 0.25) is 0 Å². The average Bonchev–Trinajstić information content (AvgIpc) is 2.84. The van der Waals surface area contributed by atoms with Crippen LogP contribution in [0.1, 0.15) is 41.0 Å². The smallest absolute Gasteiger partial charge is 0.147 e. The van der Waals surface area contributed by atoms with Gasteiger partial charge in [-0.3, -0.25) is 0 Å². The molecule has 0 nitrogen and oxygen atoms in total. The van der Waals surface area contributed by atoms with E-state index in [1.165, 1.54) is 0 Å². The summed E-state index contributed by atoms with van der Waals surface area (Å²) in [6, 6.07) is 0. The van der Waals surface area contributed by atoms with Gasteiger partial charge >= 0.3 is 117 Å². The fraction of sp³-hybridized carbons (Fsp3) is 0.438. The standard InChI is InChI=1S/C13H15.C3H6.2ClH.Zr/c1-9-8-13(11(3)10(9)2)12-6-4-5-7-12;1-3-2;;;/h4-6,13H,7H2,1-3H3;1-2H3;2*1H;. The predicted molar refractivity (Wildman–Crippen MR) is 87.3 cm³/mol. The second-order valence-electron chi connectivity index (χ2n) is 5.28. The van der Waals surface area contributed by atoms with Gasteiger partial charge in [0.1, 0.15) is 0 Å². The van der Waals surface area contributed by atoms with Crippen molar-refractivity contribution in [2.24, 2.45) is 5.92 Å². The van der Waals surface area contributed by atoms with Gasteiger partial charge in [0.05, 0.1) is 0 Å². The van der Waals surface area contributed by atoms with Gasteiger partial charge < -0.3 is 0 Å². The van der Waals surface area contributed by atoms with Gasteiger partial charge in [-0.25, -0.2) is 0 Å². The Morgan fingerprint density at radius 1 is 1.11 bits per heavy atom. The van der Waals surface area contributed by atoms with E-state index in [1.807, 2.05) is 0 Å². The van der Waals surface area contributed by atoms with Crippen molar-refractivity contribution in [1.29, 1.82) is 0 Å².